The molecule has 3 unspecified atom stereocenters. The van der Waals surface area contributed by atoms with Gasteiger partial charge in [0.15, 0.2) is 0 Å². The number of fused-ring (bicyclic) bond motifs is 1. The highest BCUT2D eigenvalue weighted by atomic mass is 32.2. The molecule has 0 saturated carbocycles. The SMILES string of the molecule is COC(=O)C1=C(C)C2C(=O)NC(Cc3ccccc3)NC2S1. The van der Waals surface area contributed by atoms with E-state index in [1.54, 1.807) is 0 Å². The number of benzene rings is 1. The van der Waals surface area contributed by atoms with Gasteiger partial charge in [0.25, 0.3) is 0 Å². The summed E-state index contributed by atoms with van der Waals surface area (Å²) in [5, 5.41) is 6.30. The van der Waals surface area contributed by atoms with E-state index in [-0.39, 0.29) is 29.3 Å². The molecule has 2 aliphatic heterocycles. The van der Waals surface area contributed by atoms with Gasteiger partial charge < -0.3 is 10.1 Å². The van der Waals surface area contributed by atoms with Gasteiger partial charge in [0.1, 0.15) is 0 Å². The summed E-state index contributed by atoms with van der Waals surface area (Å²) in [7, 11) is 1.36. The maximum absolute atomic E-state index is 12.4. The fraction of sp³-hybridized carbons (Fsp3) is 0.375. The Morgan fingerprint density at radius 2 is 2.05 bits per heavy atom. The summed E-state index contributed by atoms with van der Waals surface area (Å²) in [5.74, 6) is -0.717. The molecule has 0 bridgehead atoms. The summed E-state index contributed by atoms with van der Waals surface area (Å²) >= 11 is 1.39. The lowest BCUT2D eigenvalue weighted by atomic mass is 9.96. The van der Waals surface area contributed by atoms with Gasteiger partial charge in [0.2, 0.25) is 5.91 Å². The molecule has 0 radical (unpaired) electrons. The number of nitrogens with one attached hydrogen (secondary N) is 2. The molecule has 1 saturated heterocycles. The third kappa shape index (κ3) is 2.76. The highest BCUT2D eigenvalue weighted by Gasteiger charge is 2.45. The fourth-order valence-corrected chi connectivity index (χ4v) is 4.33. The average molecular weight is 318 g/mol. The van der Waals surface area contributed by atoms with Crippen molar-refractivity contribution >= 4 is 23.6 Å². The number of hydrogen-bond acceptors (Lipinski definition) is 5. The van der Waals surface area contributed by atoms with E-state index in [1.807, 2.05) is 37.3 Å². The molecule has 0 aromatic heterocycles. The lowest BCUT2D eigenvalue weighted by Gasteiger charge is -2.34. The topological polar surface area (TPSA) is 67.4 Å². The Morgan fingerprint density at radius 3 is 2.73 bits per heavy atom. The zero-order valence-corrected chi connectivity index (χ0v) is 13.3. The van der Waals surface area contributed by atoms with Gasteiger partial charge in [0, 0.05) is 6.42 Å². The van der Waals surface area contributed by atoms with Crippen molar-refractivity contribution in [2.45, 2.75) is 24.9 Å². The number of carbonyl (C=O) groups is 2. The molecular weight excluding hydrogens is 300 g/mol. The Hall–Kier alpha value is -1.79. The Labute approximate surface area is 133 Å². The molecule has 22 heavy (non-hydrogen) atoms. The predicted molar refractivity (Wildman–Crippen MR) is 84.8 cm³/mol. The summed E-state index contributed by atoms with van der Waals surface area (Å²) in [5.41, 5.74) is 1.93. The molecule has 0 spiro atoms. The van der Waals surface area contributed by atoms with E-state index in [1.165, 1.54) is 18.9 Å². The van der Waals surface area contributed by atoms with Gasteiger partial charge in [-0.3, -0.25) is 10.1 Å². The minimum Gasteiger partial charge on any atom is -0.465 e. The van der Waals surface area contributed by atoms with Crippen molar-refractivity contribution < 1.29 is 14.3 Å². The Kier molecular flexibility index (Phi) is 4.22. The Morgan fingerprint density at radius 1 is 1.32 bits per heavy atom. The minimum atomic E-state index is -0.369. The molecule has 1 aromatic rings. The van der Waals surface area contributed by atoms with E-state index < -0.39 is 0 Å². The first-order valence-electron chi connectivity index (χ1n) is 7.16. The number of thioether (sulfide) groups is 1. The fourth-order valence-electron chi connectivity index (χ4n) is 2.88. The molecule has 116 valence electrons. The van der Waals surface area contributed by atoms with Crippen LogP contribution in [0.1, 0.15) is 12.5 Å². The standard InChI is InChI=1S/C16H18N2O3S/c1-9-12-14(19)17-11(8-10-6-4-3-5-7-10)18-15(12)22-13(9)16(20)21-2/h3-7,11-12,15,18H,8H2,1-2H3,(H,17,19). The van der Waals surface area contributed by atoms with E-state index in [0.717, 1.165) is 11.1 Å². The molecule has 5 nitrogen and oxygen atoms in total. The zero-order valence-electron chi connectivity index (χ0n) is 12.5. The number of amides is 1. The van der Waals surface area contributed by atoms with Crippen LogP contribution in [0, 0.1) is 5.92 Å². The van der Waals surface area contributed by atoms with Gasteiger partial charge in [-0.15, -0.1) is 0 Å². The second-order valence-electron chi connectivity index (χ2n) is 5.44. The van der Waals surface area contributed by atoms with Crippen LogP contribution in [-0.2, 0) is 20.7 Å². The van der Waals surface area contributed by atoms with Crippen molar-refractivity contribution in [1.29, 1.82) is 0 Å². The first-order valence-corrected chi connectivity index (χ1v) is 8.04. The third-order valence-electron chi connectivity index (χ3n) is 3.99. The number of carbonyl (C=O) groups excluding carboxylic acids is 2. The van der Waals surface area contributed by atoms with E-state index >= 15 is 0 Å². The zero-order chi connectivity index (χ0) is 15.7. The van der Waals surface area contributed by atoms with Crippen LogP contribution in [0.4, 0.5) is 0 Å². The second kappa shape index (κ2) is 6.14. The van der Waals surface area contributed by atoms with Crippen LogP contribution in [-0.4, -0.2) is 30.5 Å². The molecule has 2 N–H and O–H groups in total. The number of hydrogen-bond donors (Lipinski definition) is 2. The van der Waals surface area contributed by atoms with Gasteiger partial charge in [0.05, 0.1) is 29.5 Å². The maximum Gasteiger partial charge on any atom is 0.344 e. The van der Waals surface area contributed by atoms with Crippen LogP contribution in [0.2, 0.25) is 0 Å². The Bertz CT molecular complexity index is 630. The van der Waals surface area contributed by atoms with Gasteiger partial charge in [-0.25, -0.2) is 4.79 Å². The molecule has 1 amide bonds. The van der Waals surface area contributed by atoms with Gasteiger partial charge in [-0.05, 0) is 18.1 Å². The van der Waals surface area contributed by atoms with E-state index in [2.05, 4.69) is 10.6 Å². The predicted octanol–water partition coefficient (Wildman–Crippen LogP) is 1.41. The lowest BCUT2D eigenvalue weighted by Crippen LogP contribution is -2.60. The monoisotopic (exact) mass is 318 g/mol. The minimum absolute atomic E-state index is 0.0337. The second-order valence-corrected chi connectivity index (χ2v) is 6.59. The molecular formula is C16H18N2O3S. The van der Waals surface area contributed by atoms with Crippen LogP contribution < -0.4 is 10.6 Å². The van der Waals surface area contributed by atoms with Crippen molar-refractivity contribution in [3.05, 3.63) is 46.4 Å². The summed E-state index contributed by atoms with van der Waals surface area (Å²) in [4.78, 5) is 24.7. The first-order chi connectivity index (χ1) is 10.6. The van der Waals surface area contributed by atoms with Crippen molar-refractivity contribution in [1.82, 2.24) is 10.6 Å². The molecule has 2 heterocycles. The van der Waals surface area contributed by atoms with Crippen LogP contribution in [0.5, 0.6) is 0 Å². The average Bonchev–Trinajstić information content (AvgIpc) is 2.85. The highest BCUT2D eigenvalue weighted by Crippen LogP contribution is 2.42. The number of ether oxygens (including phenoxy) is 1. The molecule has 0 aliphatic carbocycles. The summed E-state index contributed by atoms with van der Waals surface area (Å²) in [6.45, 7) is 1.82. The number of rotatable bonds is 3. The van der Waals surface area contributed by atoms with E-state index in [0.29, 0.717) is 11.3 Å². The smallest absolute Gasteiger partial charge is 0.344 e. The summed E-state index contributed by atoms with van der Waals surface area (Å²) in [6.07, 6.45) is 0.580. The normalized spacial score (nSPS) is 27.4. The van der Waals surface area contributed by atoms with Crippen LogP contribution in [0.25, 0.3) is 0 Å². The van der Waals surface area contributed by atoms with E-state index in [9.17, 15) is 9.59 Å². The summed E-state index contributed by atoms with van der Waals surface area (Å²) < 4.78 is 4.79. The lowest BCUT2D eigenvalue weighted by molar-refractivity contribution is -0.135. The maximum atomic E-state index is 12.4. The van der Waals surface area contributed by atoms with E-state index in [4.69, 9.17) is 4.74 Å². The van der Waals surface area contributed by atoms with Crippen molar-refractivity contribution in [3.63, 3.8) is 0 Å². The van der Waals surface area contributed by atoms with Gasteiger partial charge >= 0.3 is 5.97 Å². The van der Waals surface area contributed by atoms with Gasteiger partial charge in [-0.1, -0.05) is 42.1 Å². The molecule has 3 atom stereocenters. The summed E-state index contributed by atoms with van der Waals surface area (Å²) in [6, 6.07) is 9.99. The van der Waals surface area contributed by atoms with Crippen molar-refractivity contribution in [2.75, 3.05) is 7.11 Å². The third-order valence-corrected chi connectivity index (χ3v) is 5.38. The molecule has 1 fully saturated rings. The van der Waals surface area contributed by atoms with Crippen LogP contribution in [0.3, 0.4) is 0 Å². The van der Waals surface area contributed by atoms with Crippen LogP contribution in [0.15, 0.2) is 40.8 Å². The van der Waals surface area contributed by atoms with Gasteiger partial charge in [-0.2, -0.15) is 0 Å². The molecule has 2 aliphatic rings. The molecule has 6 heteroatoms. The largest absolute Gasteiger partial charge is 0.465 e. The molecule has 3 rings (SSSR count). The van der Waals surface area contributed by atoms with Crippen molar-refractivity contribution in [3.8, 4) is 0 Å². The quantitative estimate of drug-likeness (QED) is 0.825. The molecule has 1 aromatic carbocycles. The van der Waals surface area contributed by atoms with Crippen molar-refractivity contribution in [2.24, 2.45) is 5.92 Å². The Balaban J connectivity index is 1.73. The number of methoxy groups -OCH3 is 1. The highest BCUT2D eigenvalue weighted by molar-refractivity contribution is 8.04. The number of esters is 1. The first kappa shape index (κ1) is 15.1. The van der Waals surface area contributed by atoms with Crippen LogP contribution >= 0.6 is 11.8 Å².